The van der Waals surface area contributed by atoms with Gasteiger partial charge in [-0.2, -0.15) is 0 Å². The fraction of sp³-hybridized carbons (Fsp3) is 0.391. The normalized spacial score (nSPS) is 16.5. The summed E-state index contributed by atoms with van der Waals surface area (Å²) in [5.41, 5.74) is 7.47. The van der Waals surface area contributed by atoms with Gasteiger partial charge in [-0.25, -0.2) is 9.97 Å². The van der Waals surface area contributed by atoms with Gasteiger partial charge in [0.15, 0.2) is 0 Å². The molecule has 4 rings (SSSR count). The van der Waals surface area contributed by atoms with E-state index in [9.17, 15) is 9.59 Å². The first-order chi connectivity index (χ1) is 14.9. The van der Waals surface area contributed by atoms with Crippen molar-refractivity contribution >= 4 is 22.8 Å². The summed E-state index contributed by atoms with van der Waals surface area (Å²) in [7, 11) is 0. The molecule has 1 aliphatic heterocycles. The van der Waals surface area contributed by atoms with Gasteiger partial charge in [-0.3, -0.25) is 9.59 Å². The van der Waals surface area contributed by atoms with Crippen LogP contribution in [-0.2, 0) is 0 Å². The van der Waals surface area contributed by atoms with Gasteiger partial charge in [0, 0.05) is 30.6 Å². The number of aromatic nitrogens is 2. The Morgan fingerprint density at radius 3 is 2.84 bits per heavy atom. The van der Waals surface area contributed by atoms with Gasteiger partial charge in [0.2, 0.25) is 0 Å². The van der Waals surface area contributed by atoms with Crippen LogP contribution in [0.3, 0.4) is 0 Å². The van der Waals surface area contributed by atoms with Crippen molar-refractivity contribution in [3.8, 4) is 5.75 Å². The number of primary amides is 1. The number of amides is 2. The number of hydrogen-bond donors (Lipinski definition) is 1. The Morgan fingerprint density at radius 2 is 2.13 bits per heavy atom. The number of carbonyl (C=O) groups is 2. The number of carbonyl (C=O) groups excluding carboxylic acids is 2. The largest absolute Gasteiger partial charge is 0.494 e. The molecule has 1 atom stereocenters. The Hall–Kier alpha value is -3.42. The van der Waals surface area contributed by atoms with E-state index in [4.69, 9.17) is 14.9 Å². The lowest BCUT2D eigenvalue weighted by Gasteiger charge is -2.32. The average Bonchev–Trinajstić information content (AvgIpc) is 3.08. The van der Waals surface area contributed by atoms with Crippen LogP contribution in [0.5, 0.6) is 5.75 Å². The molecule has 0 saturated carbocycles. The minimum atomic E-state index is -0.543. The van der Waals surface area contributed by atoms with Crippen LogP contribution >= 0.6 is 0 Å². The fourth-order valence-corrected chi connectivity index (χ4v) is 4.18. The molecule has 162 valence electrons. The van der Waals surface area contributed by atoms with E-state index >= 15 is 0 Å². The molecule has 0 spiro atoms. The summed E-state index contributed by atoms with van der Waals surface area (Å²) in [6, 6.07) is 5.54. The number of benzene rings is 1. The quantitative estimate of drug-likeness (QED) is 0.675. The fourth-order valence-electron chi connectivity index (χ4n) is 4.18. The Bertz CT molecular complexity index is 1150. The van der Waals surface area contributed by atoms with Crippen LogP contribution in [0.1, 0.15) is 63.7 Å². The predicted octanol–water partition coefficient (Wildman–Crippen LogP) is 3.36. The maximum absolute atomic E-state index is 13.5. The van der Waals surface area contributed by atoms with Crippen molar-refractivity contribution in [2.24, 2.45) is 5.73 Å². The summed E-state index contributed by atoms with van der Waals surface area (Å²) in [6.45, 7) is 7.19. The van der Waals surface area contributed by atoms with Gasteiger partial charge in [-0.1, -0.05) is 0 Å². The Balaban J connectivity index is 1.61. The smallest absolute Gasteiger partial charge is 0.258 e. The summed E-state index contributed by atoms with van der Waals surface area (Å²) >= 11 is 0. The van der Waals surface area contributed by atoms with Crippen molar-refractivity contribution in [3.05, 3.63) is 52.8 Å². The molecule has 2 N–H and O–H groups in total. The zero-order valence-corrected chi connectivity index (χ0v) is 18.0. The molecule has 0 bridgehead atoms. The molecular weight excluding hydrogens is 396 g/mol. The summed E-state index contributed by atoms with van der Waals surface area (Å²) < 4.78 is 11.4. The first-order valence-electron chi connectivity index (χ1n) is 10.5. The number of nitrogens with two attached hydrogens (primary N) is 1. The van der Waals surface area contributed by atoms with Crippen molar-refractivity contribution in [3.63, 3.8) is 0 Å². The van der Waals surface area contributed by atoms with Crippen LogP contribution in [0, 0.1) is 13.8 Å². The average molecular weight is 422 g/mol. The Morgan fingerprint density at radius 1 is 1.32 bits per heavy atom. The van der Waals surface area contributed by atoms with Gasteiger partial charge >= 0.3 is 0 Å². The number of furan rings is 1. The minimum Gasteiger partial charge on any atom is -0.494 e. The zero-order chi connectivity index (χ0) is 22.1. The Kier molecular flexibility index (Phi) is 5.63. The third-order valence-electron chi connectivity index (χ3n) is 5.70. The zero-order valence-electron chi connectivity index (χ0n) is 18.0. The van der Waals surface area contributed by atoms with Gasteiger partial charge in [0.25, 0.3) is 11.8 Å². The van der Waals surface area contributed by atoms with Crippen molar-refractivity contribution in [1.82, 2.24) is 14.9 Å². The van der Waals surface area contributed by atoms with Crippen LogP contribution in [0.25, 0.3) is 11.0 Å². The van der Waals surface area contributed by atoms with Gasteiger partial charge in [-0.05, 0) is 51.8 Å². The number of piperidine rings is 1. The maximum atomic E-state index is 13.5. The second kappa shape index (κ2) is 8.37. The molecule has 8 nitrogen and oxygen atoms in total. The van der Waals surface area contributed by atoms with Crippen molar-refractivity contribution < 1.29 is 18.7 Å². The molecule has 1 fully saturated rings. The second-order valence-electron chi connectivity index (χ2n) is 7.81. The summed E-state index contributed by atoms with van der Waals surface area (Å²) in [4.78, 5) is 35.6. The minimum absolute atomic E-state index is 0.00390. The monoisotopic (exact) mass is 422 g/mol. The van der Waals surface area contributed by atoms with Gasteiger partial charge in [-0.15, -0.1) is 0 Å². The number of nitrogens with zero attached hydrogens (tertiary/aromatic N) is 3. The second-order valence-corrected chi connectivity index (χ2v) is 7.81. The first-order valence-corrected chi connectivity index (χ1v) is 10.5. The number of likely N-dealkylation sites (tertiary alicyclic amines) is 1. The third kappa shape index (κ3) is 3.97. The van der Waals surface area contributed by atoms with E-state index in [-0.39, 0.29) is 11.8 Å². The SMILES string of the molecule is CCOc1ccc2oc(C)c(C(=O)N3CCC[C@H](c4ncc(C(N)=O)c(C)n4)C3)c2c1. The standard InChI is InChI=1S/C23H26N4O4/c1-4-30-16-7-8-19-17(10-16)20(14(3)31-19)23(29)27-9-5-6-15(12-27)22-25-11-18(21(24)28)13(2)26-22/h7-8,10-11,15H,4-6,9,12H2,1-3H3,(H2,24,28)/t15-/m0/s1. The van der Waals surface area contributed by atoms with Crippen LogP contribution in [-0.4, -0.2) is 46.4 Å². The van der Waals surface area contributed by atoms with E-state index in [1.54, 1.807) is 6.92 Å². The molecule has 0 radical (unpaired) electrons. The highest BCUT2D eigenvalue weighted by Gasteiger charge is 2.30. The van der Waals surface area contributed by atoms with E-state index in [1.807, 2.05) is 36.9 Å². The third-order valence-corrected chi connectivity index (χ3v) is 5.70. The molecule has 0 aliphatic carbocycles. The van der Waals surface area contributed by atoms with E-state index < -0.39 is 5.91 Å². The molecule has 1 saturated heterocycles. The molecule has 1 aromatic carbocycles. The lowest BCUT2D eigenvalue weighted by molar-refractivity contribution is 0.0704. The van der Waals surface area contributed by atoms with E-state index in [0.29, 0.717) is 59.4 Å². The molecular formula is C23H26N4O4. The van der Waals surface area contributed by atoms with E-state index in [1.165, 1.54) is 6.20 Å². The molecule has 2 aromatic heterocycles. The van der Waals surface area contributed by atoms with Crippen molar-refractivity contribution in [2.45, 2.75) is 39.5 Å². The molecule has 3 heterocycles. The maximum Gasteiger partial charge on any atom is 0.258 e. The van der Waals surface area contributed by atoms with Gasteiger partial charge in [0.05, 0.1) is 23.4 Å². The van der Waals surface area contributed by atoms with E-state index in [0.717, 1.165) is 18.2 Å². The summed E-state index contributed by atoms with van der Waals surface area (Å²) in [6.07, 6.45) is 3.19. The summed E-state index contributed by atoms with van der Waals surface area (Å²) in [5, 5.41) is 0.758. The molecule has 1 aliphatic rings. The van der Waals surface area contributed by atoms with Crippen LogP contribution in [0.4, 0.5) is 0 Å². The summed E-state index contributed by atoms with van der Waals surface area (Å²) in [5.74, 6) is 1.31. The molecule has 2 amide bonds. The number of fused-ring (bicyclic) bond motifs is 1. The number of hydrogen-bond acceptors (Lipinski definition) is 6. The topological polar surface area (TPSA) is 112 Å². The molecule has 0 unspecified atom stereocenters. The highest BCUT2D eigenvalue weighted by molar-refractivity contribution is 6.07. The van der Waals surface area contributed by atoms with Gasteiger partial charge < -0.3 is 19.8 Å². The lowest BCUT2D eigenvalue weighted by Crippen LogP contribution is -2.39. The van der Waals surface area contributed by atoms with Crippen molar-refractivity contribution in [2.75, 3.05) is 19.7 Å². The van der Waals surface area contributed by atoms with Crippen molar-refractivity contribution in [1.29, 1.82) is 0 Å². The van der Waals surface area contributed by atoms with Gasteiger partial charge in [0.1, 0.15) is 22.9 Å². The number of aryl methyl sites for hydroxylation is 2. The Labute approximate surface area is 180 Å². The van der Waals surface area contributed by atoms with E-state index in [2.05, 4.69) is 9.97 Å². The predicted molar refractivity (Wildman–Crippen MR) is 115 cm³/mol. The lowest BCUT2D eigenvalue weighted by atomic mass is 9.96. The highest BCUT2D eigenvalue weighted by atomic mass is 16.5. The van der Waals surface area contributed by atoms with Crippen LogP contribution in [0.2, 0.25) is 0 Å². The van der Waals surface area contributed by atoms with Crippen LogP contribution in [0.15, 0.2) is 28.8 Å². The molecule has 8 heteroatoms. The highest BCUT2D eigenvalue weighted by Crippen LogP contribution is 2.32. The molecule has 3 aromatic rings. The van der Waals surface area contributed by atoms with Crippen LogP contribution < -0.4 is 10.5 Å². The molecule has 31 heavy (non-hydrogen) atoms. The first kappa shape index (κ1) is 20.8. The number of rotatable bonds is 5. The number of ether oxygens (including phenoxy) is 1.